The molecule has 6 heteroatoms. The predicted octanol–water partition coefficient (Wildman–Crippen LogP) is 0.796. The molecule has 5 nitrogen and oxygen atoms in total. The fourth-order valence-electron chi connectivity index (χ4n) is 3.00. The lowest BCUT2D eigenvalue weighted by molar-refractivity contribution is 0.439. The summed E-state index contributed by atoms with van der Waals surface area (Å²) < 4.78 is 26.4. The van der Waals surface area contributed by atoms with Crippen molar-refractivity contribution in [1.29, 1.82) is 0 Å². The maximum absolute atomic E-state index is 12.2. The van der Waals surface area contributed by atoms with Gasteiger partial charge in [-0.2, -0.15) is 0 Å². The summed E-state index contributed by atoms with van der Waals surface area (Å²) in [4.78, 5) is 4.38. The minimum atomic E-state index is -3.02. The molecule has 0 radical (unpaired) electrons. The van der Waals surface area contributed by atoms with E-state index in [0.717, 1.165) is 37.2 Å². The summed E-state index contributed by atoms with van der Waals surface area (Å²) >= 11 is 0. The highest BCUT2D eigenvalue weighted by Gasteiger charge is 2.35. The SMILES string of the molecule is NC1CCc2cnc(C3CCCCS3(=O)=O)n2C1. The Hall–Kier alpha value is -0.880. The first-order valence-corrected chi connectivity index (χ1v) is 8.31. The second-order valence-corrected chi connectivity index (χ2v) is 7.67. The van der Waals surface area contributed by atoms with Gasteiger partial charge in [0.1, 0.15) is 11.1 Å². The van der Waals surface area contributed by atoms with Gasteiger partial charge in [-0.15, -0.1) is 0 Å². The molecule has 100 valence electrons. The molecule has 0 aromatic carbocycles. The number of hydrogen-bond donors (Lipinski definition) is 1. The van der Waals surface area contributed by atoms with Crippen LogP contribution in [0.1, 0.15) is 42.5 Å². The van der Waals surface area contributed by atoms with Crippen LogP contribution in [0.5, 0.6) is 0 Å². The van der Waals surface area contributed by atoms with Gasteiger partial charge in [0, 0.05) is 24.5 Å². The van der Waals surface area contributed by atoms with E-state index in [4.69, 9.17) is 5.73 Å². The van der Waals surface area contributed by atoms with Crippen molar-refractivity contribution in [2.45, 2.75) is 49.9 Å². The standard InChI is InChI=1S/C12H19N3O2S/c13-9-4-5-10-7-14-12(15(10)8-9)11-3-1-2-6-18(11,16)17/h7,9,11H,1-6,8,13H2. The normalized spacial score (nSPS) is 30.9. The van der Waals surface area contributed by atoms with Crippen LogP contribution in [0.4, 0.5) is 0 Å². The van der Waals surface area contributed by atoms with E-state index in [0.29, 0.717) is 18.7 Å². The van der Waals surface area contributed by atoms with E-state index in [1.54, 1.807) is 0 Å². The van der Waals surface area contributed by atoms with Crippen molar-refractivity contribution in [3.05, 3.63) is 17.7 Å². The molecule has 0 amide bonds. The molecule has 18 heavy (non-hydrogen) atoms. The molecule has 2 unspecified atom stereocenters. The van der Waals surface area contributed by atoms with Crippen molar-refractivity contribution in [1.82, 2.24) is 9.55 Å². The highest BCUT2D eigenvalue weighted by atomic mass is 32.2. The van der Waals surface area contributed by atoms with E-state index in [-0.39, 0.29) is 6.04 Å². The lowest BCUT2D eigenvalue weighted by Gasteiger charge is -2.27. The van der Waals surface area contributed by atoms with Crippen LogP contribution in [-0.4, -0.2) is 29.8 Å². The topological polar surface area (TPSA) is 78.0 Å². The minimum absolute atomic E-state index is 0.122. The first-order chi connectivity index (χ1) is 8.58. The fourth-order valence-corrected chi connectivity index (χ4v) is 4.92. The monoisotopic (exact) mass is 269 g/mol. The van der Waals surface area contributed by atoms with Crippen molar-refractivity contribution in [3.63, 3.8) is 0 Å². The first-order valence-electron chi connectivity index (χ1n) is 6.59. The van der Waals surface area contributed by atoms with Crippen LogP contribution in [0.15, 0.2) is 6.20 Å². The van der Waals surface area contributed by atoms with E-state index in [1.165, 1.54) is 0 Å². The summed E-state index contributed by atoms with van der Waals surface area (Å²) in [6.07, 6.45) is 6.15. The van der Waals surface area contributed by atoms with Gasteiger partial charge in [-0.1, -0.05) is 6.42 Å². The van der Waals surface area contributed by atoms with Crippen LogP contribution in [0.3, 0.4) is 0 Å². The summed E-state index contributed by atoms with van der Waals surface area (Å²) in [5.41, 5.74) is 7.11. The number of nitrogens with zero attached hydrogens (tertiary/aromatic N) is 2. The van der Waals surface area contributed by atoms with Gasteiger partial charge in [-0.25, -0.2) is 13.4 Å². The zero-order valence-electron chi connectivity index (χ0n) is 10.4. The molecule has 0 bridgehead atoms. The van der Waals surface area contributed by atoms with Crippen molar-refractivity contribution < 1.29 is 8.42 Å². The number of fused-ring (bicyclic) bond motifs is 1. The van der Waals surface area contributed by atoms with Crippen LogP contribution in [0.25, 0.3) is 0 Å². The van der Waals surface area contributed by atoms with Crippen LogP contribution in [-0.2, 0) is 22.8 Å². The largest absolute Gasteiger partial charge is 0.329 e. The van der Waals surface area contributed by atoms with Gasteiger partial charge in [0.15, 0.2) is 9.84 Å². The van der Waals surface area contributed by atoms with Crippen LogP contribution < -0.4 is 5.73 Å². The number of sulfone groups is 1. The molecule has 0 spiro atoms. The summed E-state index contributed by atoms with van der Waals surface area (Å²) in [6, 6.07) is 0.122. The van der Waals surface area contributed by atoms with Gasteiger partial charge < -0.3 is 10.3 Å². The van der Waals surface area contributed by atoms with Gasteiger partial charge in [0.05, 0.1) is 5.75 Å². The molecule has 0 saturated carbocycles. The number of aryl methyl sites for hydroxylation is 1. The van der Waals surface area contributed by atoms with Crippen LogP contribution in [0.2, 0.25) is 0 Å². The molecule has 3 rings (SSSR count). The number of imidazole rings is 1. The lowest BCUT2D eigenvalue weighted by atomic mass is 10.1. The van der Waals surface area contributed by atoms with Crippen molar-refractivity contribution in [2.24, 2.45) is 5.73 Å². The molecule has 3 heterocycles. The van der Waals surface area contributed by atoms with Crippen LogP contribution >= 0.6 is 0 Å². The van der Waals surface area contributed by atoms with Crippen molar-refractivity contribution in [3.8, 4) is 0 Å². The highest BCUT2D eigenvalue weighted by molar-refractivity contribution is 7.91. The number of hydrogen-bond acceptors (Lipinski definition) is 4. The number of nitrogens with two attached hydrogens (primary N) is 1. The Morgan fingerprint density at radius 1 is 1.33 bits per heavy atom. The smallest absolute Gasteiger partial charge is 0.160 e. The molecule has 2 aliphatic rings. The Morgan fingerprint density at radius 2 is 2.17 bits per heavy atom. The fraction of sp³-hybridized carbons (Fsp3) is 0.750. The molecular weight excluding hydrogens is 250 g/mol. The predicted molar refractivity (Wildman–Crippen MR) is 68.9 cm³/mol. The van der Waals surface area contributed by atoms with Crippen molar-refractivity contribution in [2.75, 3.05) is 5.75 Å². The Kier molecular flexibility index (Phi) is 2.94. The van der Waals surface area contributed by atoms with E-state index in [1.807, 2.05) is 10.8 Å². The number of aromatic nitrogens is 2. The molecule has 2 atom stereocenters. The molecule has 1 aromatic rings. The zero-order chi connectivity index (χ0) is 12.8. The lowest BCUT2D eigenvalue weighted by Crippen LogP contribution is -2.34. The molecule has 0 aliphatic carbocycles. The summed E-state index contributed by atoms with van der Waals surface area (Å²) in [6.45, 7) is 0.705. The molecule has 1 aromatic heterocycles. The average Bonchev–Trinajstić information content (AvgIpc) is 2.71. The third kappa shape index (κ3) is 1.97. The molecule has 2 N–H and O–H groups in total. The molecule has 2 aliphatic heterocycles. The van der Waals surface area contributed by atoms with Crippen molar-refractivity contribution >= 4 is 9.84 Å². The van der Waals surface area contributed by atoms with Gasteiger partial charge in [0.25, 0.3) is 0 Å². The van der Waals surface area contributed by atoms with E-state index in [2.05, 4.69) is 4.98 Å². The Balaban J connectivity index is 2.00. The van der Waals surface area contributed by atoms with Gasteiger partial charge in [-0.3, -0.25) is 0 Å². The third-order valence-corrected chi connectivity index (χ3v) is 6.20. The van der Waals surface area contributed by atoms with Gasteiger partial charge in [0.2, 0.25) is 0 Å². The summed E-state index contributed by atoms with van der Waals surface area (Å²) in [5.74, 6) is 1.02. The number of rotatable bonds is 1. The quantitative estimate of drug-likeness (QED) is 0.818. The second kappa shape index (κ2) is 4.35. The van der Waals surface area contributed by atoms with Gasteiger partial charge in [-0.05, 0) is 25.7 Å². The highest BCUT2D eigenvalue weighted by Crippen LogP contribution is 2.34. The maximum Gasteiger partial charge on any atom is 0.160 e. The molecule has 1 saturated heterocycles. The summed E-state index contributed by atoms with van der Waals surface area (Å²) in [7, 11) is -3.02. The summed E-state index contributed by atoms with van der Waals surface area (Å²) in [5, 5.41) is -0.412. The Labute approximate surface area is 107 Å². The zero-order valence-corrected chi connectivity index (χ0v) is 11.2. The average molecular weight is 269 g/mol. The Morgan fingerprint density at radius 3 is 2.94 bits per heavy atom. The van der Waals surface area contributed by atoms with Crippen LogP contribution in [0, 0.1) is 0 Å². The van der Waals surface area contributed by atoms with Gasteiger partial charge >= 0.3 is 0 Å². The maximum atomic E-state index is 12.2. The minimum Gasteiger partial charge on any atom is -0.329 e. The van der Waals surface area contributed by atoms with E-state index < -0.39 is 15.1 Å². The first kappa shape index (κ1) is 12.2. The van der Waals surface area contributed by atoms with E-state index >= 15 is 0 Å². The third-order valence-electron chi connectivity index (χ3n) is 4.02. The second-order valence-electron chi connectivity index (χ2n) is 5.37. The molecule has 1 fully saturated rings. The van der Waals surface area contributed by atoms with E-state index in [9.17, 15) is 8.42 Å². The molecular formula is C12H19N3O2S. The Bertz CT molecular complexity index is 550.